The highest BCUT2D eigenvalue weighted by Gasteiger charge is 2.16. The second-order valence-corrected chi connectivity index (χ2v) is 4.82. The molecule has 0 atom stereocenters. The van der Waals surface area contributed by atoms with E-state index < -0.39 is 17.5 Å². The van der Waals surface area contributed by atoms with Crippen molar-refractivity contribution in [2.75, 3.05) is 5.32 Å². The van der Waals surface area contributed by atoms with E-state index in [2.05, 4.69) is 15.3 Å². The standard InChI is InChI=1S/C12H15FN4O2/c1-12(2,3)19-11(18)16-9-5-4-8(7-15-17-14)10(13)6-9/h4-6H,7H2,1-3H3,(H,16,18). The molecule has 1 aromatic carbocycles. The fraction of sp³-hybridized carbons (Fsp3) is 0.417. The molecular weight excluding hydrogens is 251 g/mol. The van der Waals surface area contributed by atoms with E-state index >= 15 is 0 Å². The highest BCUT2D eigenvalue weighted by atomic mass is 19.1. The lowest BCUT2D eigenvalue weighted by Gasteiger charge is -2.19. The van der Waals surface area contributed by atoms with Crippen molar-refractivity contribution in [3.63, 3.8) is 0 Å². The molecule has 0 radical (unpaired) electrons. The van der Waals surface area contributed by atoms with Crippen LogP contribution in [0.2, 0.25) is 0 Å². The number of azide groups is 1. The fourth-order valence-corrected chi connectivity index (χ4v) is 1.28. The van der Waals surface area contributed by atoms with Gasteiger partial charge in [-0.1, -0.05) is 11.2 Å². The Balaban J connectivity index is 2.73. The zero-order valence-corrected chi connectivity index (χ0v) is 11.0. The predicted octanol–water partition coefficient (Wildman–Crippen LogP) is 3.98. The average Bonchev–Trinajstić information content (AvgIpc) is 2.25. The number of nitrogens with one attached hydrogen (secondary N) is 1. The smallest absolute Gasteiger partial charge is 0.412 e. The van der Waals surface area contributed by atoms with Crippen LogP contribution in [0.25, 0.3) is 10.4 Å². The minimum Gasteiger partial charge on any atom is -0.444 e. The predicted molar refractivity (Wildman–Crippen MR) is 69.1 cm³/mol. The Kier molecular flexibility index (Phi) is 4.72. The van der Waals surface area contributed by atoms with Crippen LogP contribution < -0.4 is 5.32 Å². The van der Waals surface area contributed by atoms with E-state index in [9.17, 15) is 9.18 Å². The molecule has 0 saturated heterocycles. The Morgan fingerprint density at radius 3 is 2.74 bits per heavy atom. The molecule has 0 aliphatic rings. The zero-order valence-electron chi connectivity index (χ0n) is 11.0. The summed E-state index contributed by atoms with van der Waals surface area (Å²) in [7, 11) is 0. The lowest BCUT2D eigenvalue weighted by Crippen LogP contribution is -2.27. The normalized spacial score (nSPS) is 10.5. The van der Waals surface area contributed by atoms with E-state index in [0.717, 1.165) is 6.07 Å². The van der Waals surface area contributed by atoms with Crippen LogP contribution in [0, 0.1) is 5.82 Å². The van der Waals surface area contributed by atoms with Crippen molar-refractivity contribution < 1.29 is 13.9 Å². The molecule has 1 N–H and O–H groups in total. The Morgan fingerprint density at radius 1 is 1.53 bits per heavy atom. The summed E-state index contributed by atoms with van der Waals surface area (Å²) in [5, 5.41) is 5.69. The van der Waals surface area contributed by atoms with E-state index in [1.165, 1.54) is 12.1 Å². The monoisotopic (exact) mass is 266 g/mol. The van der Waals surface area contributed by atoms with Gasteiger partial charge in [0.2, 0.25) is 0 Å². The van der Waals surface area contributed by atoms with Crippen molar-refractivity contribution in [1.82, 2.24) is 0 Å². The summed E-state index contributed by atoms with van der Waals surface area (Å²) in [6.07, 6.45) is -0.658. The topological polar surface area (TPSA) is 87.1 Å². The van der Waals surface area contributed by atoms with Crippen molar-refractivity contribution >= 4 is 11.8 Å². The Hall–Kier alpha value is -2.27. The average molecular weight is 266 g/mol. The Bertz CT molecular complexity index is 519. The highest BCUT2D eigenvalue weighted by Crippen LogP contribution is 2.17. The molecule has 1 aromatic rings. The lowest BCUT2D eigenvalue weighted by molar-refractivity contribution is 0.0636. The highest BCUT2D eigenvalue weighted by molar-refractivity contribution is 5.84. The SMILES string of the molecule is CC(C)(C)OC(=O)Nc1ccc(CN=[N+]=[N-])c(F)c1. The maximum Gasteiger partial charge on any atom is 0.412 e. The van der Waals surface area contributed by atoms with Crippen molar-refractivity contribution in [3.05, 3.63) is 40.0 Å². The van der Waals surface area contributed by atoms with Gasteiger partial charge in [-0.3, -0.25) is 5.32 Å². The number of amides is 1. The van der Waals surface area contributed by atoms with Crippen LogP contribution in [0.1, 0.15) is 26.3 Å². The Morgan fingerprint density at radius 2 is 2.21 bits per heavy atom. The van der Waals surface area contributed by atoms with Crippen LogP contribution >= 0.6 is 0 Å². The van der Waals surface area contributed by atoms with Gasteiger partial charge in [0.15, 0.2) is 0 Å². The molecule has 0 bridgehead atoms. The molecule has 0 aromatic heterocycles. The molecule has 0 aliphatic carbocycles. The lowest BCUT2D eigenvalue weighted by atomic mass is 10.2. The van der Waals surface area contributed by atoms with Gasteiger partial charge in [0.1, 0.15) is 11.4 Å². The first-order valence-corrected chi connectivity index (χ1v) is 5.61. The van der Waals surface area contributed by atoms with Crippen LogP contribution in [0.4, 0.5) is 14.9 Å². The first-order valence-electron chi connectivity index (χ1n) is 5.61. The van der Waals surface area contributed by atoms with Gasteiger partial charge in [-0.15, -0.1) is 0 Å². The molecule has 1 amide bonds. The van der Waals surface area contributed by atoms with Gasteiger partial charge in [0.05, 0.1) is 6.54 Å². The summed E-state index contributed by atoms with van der Waals surface area (Å²) < 4.78 is 18.6. The second kappa shape index (κ2) is 6.06. The summed E-state index contributed by atoms with van der Waals surface area (Å²) >= 11 is 0. The third-order valence-electron chi connectivity index (χ3n) is 2.00. The molecule has 1 rings (SSSR count). The van der Waals surface area contributed by atoms with E-state index in [1.54, 1.807) is 20.8 Å². The van der Waals surface area contributed by atoms with Crippen LogP contribution in [0.15, 0.2) is 23.3 Å². The molecule has 0 aliphatic heterocycles. The number of hydrogen-bond donors (Lipinski definition) is 1. The van der Waals surface area contributed by atoms with Gasteiger partial charge in [0, 0.05) is 10.6 Å². The van der Waals surface area contributed by atoms with Crippen LogP contribution in [0.3, 0.4) is 0 Å². The molecular formula is C12H15FN4O2. The number of carbonyl (C=O) groups is 1. The molecule has 0 spiro atoms. The number of ether oxygens (including phenoxy) is 1. The number of carbonyl (C=O) groups excluding carboxylic acids is 1. The third kappa shape index (κ3) is 5.27. The summed E-state index contributed by atoms with van der Waals surface area (Å²) in [5.74, 6) is -0.555. The van der Waals surface area contributed by atoms with Crippen molar-refractivity contribution in [2.24, 2.45) is 5.11 Å². The molecule has 7 heteroatoms. The molecule has 19 heavy (non-hydrogen) atoms. The second-order valence-electron chi connectivity index (χ2n) is 4.82. The number of halogens is 1. The van der Waals surface area contributed by atoms with Crippen LogP contribution in [-0.2, 0) is 11.3 Å². The number of hydrogen-bond acceptors (Lipinski definition) is 3. The van der Waals surface area contributed by atoms with E-state index in [0.29, 0.717) is 0 Å². The van der Waals surface area contributed by atoms with E-state index in [-0.39, 0.29) is 17.8 Å². The van der Waals surface area contributed by atoms with Crippen molar-refractivity contribution in [3.8, 4) is 0 Å². The maximum atomic E-state index is 13.6. The molecule has 0 heterocycles. The summed E-state index contributed by atoms with van der Waals surface area (Å²) in [4.78, 5) is 14.0. The quantitative estimate of drug-likeness (QED) is 0.509. The summed E-state index contributed by atoms with van der Waals surface area (Å²) in [6, 6.07) is 4.10. The maximum absolute atomic E-state index is 13.6. The van der Waals surface area contributed by atoms with E-state index in [1.807, 2.05) is 0 Å². The number of nitrogens with zero attached hydrogens (tertiary/aromatic N) is 3. The minimum absolute atomic E-state index is 0.0744. The van der Waals surface area contributed by atoms with E-state index in [4.69, 9.17) is 10.3 Å². The third-order valence-corrected chi connectivity index (χ3v) is 2.00. The van der Waals surface area contributed by atoms with Gasteiger partial charge in [-0.25, -0.2) is 9.18 Å². The van der Waals surface area contributed by atoms with Crippen molar-refractivity contribution in [2.45, 2.75) is 32.9 Å². The largest absolute Gasteiger partial charge is 0.444 e. The van der Waals surface area contributed by atoms with Crippen LogP contribution in [0.5, 0.6) is 0 Å². The molecule has 6 nitrogen and oxygen atoms in total. The summed E-state index contributed by atoms with van der Waals surface area (Å²) in [6.45, 7) is 5.12. The minimum atomic E-state index is -0.658. The Labute approximate surface area is 110 Å². The van der Waals surface area contributed by atoms with Gasteiger partial charge >= 0.3 is 6.09 Å². The van der Waals surface area contributed by atoms with Gasteiger partial charge < -0.3 is 4.74 Å². The first kappa shape index (κ1) is 14.8. The number of anilines is 1. The molecule has 102 valence electrons. The zero-order chi connectivity index (χ0) is 14.5. The molecule has 0 saturated carbocycles. The van der Waals surface area contributed by atoms with Gasteiger partial charge in [-0.2, -0.15) is 0 Å². The number of benzene rings is 1. The summed E-state index contributed by atoms with van der Waals surface area (Å²) in [5.41, 5.74) is 8.07. The fourth-order valence-electron chi connectivity index (χ4n) is 1.28. The van der Waals surface area contributed by atoms with Gasteiger partial charge in [-0.05, 0) is 44.0 Å². The number of rotatable bonds is 3. The van der Waals surface area contributed by atoms with Gasteiger partial charge in [0.25, 0.3) is 0 Å². The molecule has 0 unspecified atom stereocenters. The first-order chi connectivity index (χ1) is 8.81. The van der Waals surface area contributed by atoms with Crippen molar-refractivity contribution in [1.29, 1.82) is 0 Å². The van der Waals surface area contributed by atoms with Crippen LogP contribution in [-0.4, -0.2) is 11.7 Å². The molecule has 0 fully saturated rings.